The molecule has 15 heavy (non-hydrogen) atoms. The lowest BCUT2D eigenvalue weighted by molar-refractivity contribution is 0.626. The second-order valence-corrected chi connectivity index (χ2v) is 3.42. The first-order valence-electron chi connectivity index (χ1n) is 4.97. The summed E-state index contributed by atoms with van der Waals surface area (Å²) in [6.07, 6.45) is 1.92. The Morgan fingerprint density at radius 2 is 2.13 bits per heavy atom. The van der Waals surface area contributed by atoms with Crippen molar-refractivity contribution < 1.29 is 0 Å². The van der Waals surface area contributed by atoms with Crippen LogP contribution in [0.25, 0.3) is 11.4 Å². The van der Waals surface area contributed by atoms with Crippen LogP contribution in [-0.2, 0) is 6.54 Å². The highest BCUT2D eigenvalue weighted by Gasteiger charge is 2.02. The summed E-state index contributed by atoms with van der Waals surface area (Å²) >= 11 is 0. The zero-order valence-electron chi connectivity index (χ0n) is 8.72. The van der Waals surface area contributed by atoms with E-state index in [1.54, 1.807) is 0 Å². The van der Waals surface area contributed by atoms with Crippen LogP contribution in [0, 0.1) is 6.92 Å². The van der Waals surface area contributed by atoms with E-state index < -0.39 is 0 Å². The fraction of sp³-hybridized carbons (Fsp3) is 0.273. The predicted octanol–water partition coefficient (Wildman–Crippen LogP) is 1.21. The van der Waals surface area contributed by atoms with Crippen molar-refractivity contribution in [3.8, 4) is 11.4 Å². The maximum absolute atomic E-state index is 5.46. The predicted molar refractivity (Wildman–Crippen MR) is 59.2 cm³/mol. The van der Waals surface area contributed by atoms with Gasteiger partial charge in [-0.25, -0.2) is 0 Å². The zero-order valence-corrected chi connectivity index (χ0v) is 8.72. The quantitative estimate of drug-likeness (QED) is 0.814. The fourth-order valence-electron chi connectivity index (χ4n) is 1.44. The number of rotatable bonds is 3. The molecular formula is C11H14N4. The Bertz CT molecular complexity index is 447. The molecule has 2 aromatic rings. The van der Waals surface area contributed by atoms with Crippen LogP contribution < -0.4 is 5.73 Å². The monoisotopic (exact) mass is 202 g/mol. The summed E-state index contributed by atoms with van der Waals surface area (Å²) < 4.78 is 1.83. The Labute approximate surface area is 88.8 Å². The lowest BCUT2D eigenvalue weighted by Gasteiger charge is -1.98. The summed E-state index contributed by atoms with van der Waals surface area (Å²) in [5.41, 5.74) is 8.26. The van der Waals surface area contributed by atoms with Gasteiger partial charge < -0.3 is 5.73 Å². The van der Waals surface area contributed by atoms with Gasteiger partial charge >= 0.3 is 0 Å². The molecule has 2 aromatic heterocycles. The maximum Gasteiger partial charge on any atom is 0.111 e. The molecule has 0 amide bonds. The van der Waals surface area contributed by atoms with Gasteiger partial charge in [0, 0.05) is 18.4 Å². The first-order chi connectivity index (χ1) is 7.29. The van der Waals surface area contributed by atoms with Crippen molar-refractivity contribution in [1.82, 2.24) is 14.8 Å². The van der Waals surface area contributed by atoms with Crippen molar-refractivity contribution in [3.63, 3.8) is 0 Å². The van der Waals surface area contributed by atoms with Crippen LogP contribution >= 0.6 is 0 Å². The molecule has 0 aliphatic carbocycles. The van der Waals surface area contributed by atoms with Crippen molar-refractivity contribution in [2.24, 2.45) is 5.73 Å². The average Bonchev–Trinajstić information content (AvgIpc) is 2.67. The largest absolute Gasteiger partial charge is 0.329 e. The third-order valence-corrected chi connectivity index (χ3v) is 2.15. The van der Waals surface area contributed by atoms with Crippen LogP contribution in [0.1, 0.15) is 5.69 Å². The molecule has 2 rings (SSSR count). The van der Waals surface area contributed by atoms with Gasteiger partial charge in [-0.05, 0) is 25.1 Å². The van der Waals surface area contributed by atoms with E-state index in [-0.39, 0.29) is 0 Å². The summed E-state index contributed by atoms with van der Waals surface area (Å²) in [6, 6.07) is 7.87. The van der Waals surface area contributed by atoms with E-state index in [1.807, 2.05) is 42.1 Å². The van der Waals surface area contributed by atoms with E-state index >= 15 is 0 Å². The van der Waals surface area contributed by atoms with Gasteiger partial charge in [-0.3, -0.25) is 9.67 Å². The molecule has 0 unspecified atom stereocenters. The van der Waals surface area contributed by atoms with E-state index in [0.29, 0.717) is 6.54 Å². The fourth-order valence-corrected chi connectivity index (χ4v) is 1.44. The summed E-state index contributed by atoms with van der Waals surface area (Å²) in [7, 11) is 0. The highest BCUT2D eigenvalue weighted by molar-refractivity contribution is 5.53. The summed E-state index contributed by atoms with van der Waals surface area (Å²) in [5, 5.41) is 4.39. The molecule has 0 fully saturated rings. The van der Waals surface area contributed by atoms with Crippen LogP contribution in [0.4, 0.5) is 0 Å². The van der Waals surface area contributed by atoms with Gasteiger partial charge in [0.1, 0.15) is 5.69 Å². The highest BCUT2D eigenvalue weighted by Crippen LogP contribution is 2.13. The average molecular weight is 202 g/mol. The third-order valence-electron chi connectivity index (χ3n) is 2.15. The van der Waals surface area contributed by atoms with Gasteiger partial charge in [-0.2, -0.15) is 5.10 Å². The molecule has 0 aliphatic heterocycles. The molecule has 4 nitrogen and oxygen atoms in total. The molecule has 4 heteroatoms. The van der Waals surface area contributed by atoms with Crippen LogP contribution in [0.15, 0.2) is 30.5 Å². The summed E-state index contributed by atoms with van der Waals surface area (Å²) in [6.45, 7) is 3.31. The Balaban J connectivity index is 2.29. The van der Waals surface area contributed by atoms with Gasteiger partial charge in [-0.1, -0.05) is 6.07 Å². The van der Waals surface area contributed by atoms with Gasteiger partial charge in [0.25, 0.3) is 0 Å². The molecule has 2 heterocycles. The van der Waals surface area contributed by atoms with Crippen LogP contribution in [-0.4, -0.2) is 21.3 Å². The van der Waals surface area contributed by atoms with Crippen LogP contribution in [0.2, 0.25) is 0 Å². The Morgan fingerprint density at radius 3 is 2.87 bits per heavy atom. The molecule has 0 aliphatic rings. The number of hydrogen-bond donors (Lipinski definition) is 1. The first-order valence-corrected chi connectivity index (χ1v) is 4.97. The number of hydrogen-bond acceptors (Lipinski definition) is 3. The molecule has 0 radical (unpaired) electrons. The number of nitrogens with two attached hydrogens (primary N) is 1. The lowest BCUT2D eigenvalue weighted by atomic mass is 10.2. The smallest absolute Gasteiger partial charge is 0.111 e. The molecule has 0 bridgehead atoms. The molecular weight excluding hydrogens is 188 g/mol. The van der Waals surface area contributed by atoms with Gasteiger partial charge in [0.15, 0.2) is 0 Å². The maximum atomic E-state index is 5.46. The van der Waals surface area contributed by atoms with E-state index in [9.17, 15) is 0 Å². The molecule has 0 aromatic carbocycles. The summed E-state index contributed by atoms with van der Waals surface area (Å²) in [4.78, 5) is 4.41. The van der Waals surface area contributed by atoms with Crippen molar-refractivity contribution in [2.75, 3.05) is 6.54 Å². The van der Waals surface area contributed by atoms with Crippen molar-refractivity contribution in [3.05, 3.63) is 36.2 Å². The van der Waals surface area contributed by atoms with E-state index in [0.717, 1.165) is 23.6 Å². The van der Waals surface area contributed by atoms with E-state index in [2.05, 4.69) is 10.1 Å². The second kappa shape index (κ2) is 4.23. The lowest BCUT2D eigenvalue weighted by Crippen LogP contribution is -2.10. The minimum Gasteiger partial charge on any atom is -0.329 e. The first kappa shape index (κ1) is 9.86. The van der Waals surface area contributed by atoms with Gasteiger partial charge in [-0.15, -0.1) is 0 Å². The zero-order chi connectivity index (χ0) is 10.7. The van der Waals surface area contributed by atoms with E-state index in [4.69, 9.17) is 5.73 Å². The molecule has 2 N–H and O–H groups in total. The van der Waals surface area contributed by atoms with Gasteiger partial charge in [0.2, 0.25) is 0 Å². The number of pyridine rings is 1. The SMILES string of the molecule is Cc1cccc(-c2ccn(CCN)n2)n1. The van der Waals surface area contributed by atoms with Gasteiger partial charge in [0.05, 0.1) is 12.2 Å². The summed E-state index contributed by atoms with van der Waals surface area (Å²) in [5.74, 6) is 0. The molecule has 78 valence electrons. The Kier molecular flexibility index (Phi) is 2.78. The minimum absolute atomic E-state index is 0.600. The molecule has 0 spiro atoms. The minimum atomic E-state index is 0.600. The van der Waals surface area contributed by atoms with Crippen LogP contribution in [0.5, 0.6) is 0 Å². The Hall–Kier alpha value is -1.68. The van der Waals surface area contributed by atoms with Crippen molar-refractivity contribution in [2.45, 2.75) is 13.5 Å². The van der Waals surface area contributed by atoms with E-state index in [1.165, 1.54) is 0 Å². The Morgan fingerprint density at radius 1 is 1.27 bits per heavy atom. The van der Waals surface area contributed by atoms with Crippen molar-refractivity contribution >= 4 is 0 Å². The highest BCUT2D eigenvalue weighted by atomic mass is 15.3. The van der Waals surface area contributed by atoms with Crippen molar-refractivity contribution in [1.29, 1.82) is 0 Å². The normalized spacial score (nSPS) is 10.5. The molecule has 0 atom stereocenters. The molecule has 0 saturated carbocycles. The number of nitrogens with zero attached hydrogens (tertiary/aromatic N) is 3. The van der Waals surface area contributed by atoms with Crippen LogP contribution in [0.3, 0.4) is 0 Å². The number of aromatic nitrogens is 3. The standard InChI is InChI=1S/C11H14N4/c1-9-3-2-4-10(13-9)11-5-7-15(14-11)8-6-12/h2-5,7H,6,8,12H2,1H3. The topological polar surface area (TPSA) is 56.7 Å². The second-order valence-electron chi connectivity index (χ2n) is 3.42. The third kappa shape index (κ3) is 2.22. The molecule has 0 saturated heterocycles. The number of aryl methyl sites for hydroxylation is 1.